The second kappa shape index (κ2) is 2.69. The highest BCUT2D eigenvalue weighted by atomic mass is 15.3. The summed E-state index contributed by atoms with van der Waals surface area (Å²) in [5, 5.41) is 4.20. The summed E-state index contributed by atoms with van der Waals surface area (Å²) in [4.78, 5) is 10.3. The second-order valence-corrected chi connectivity index (χ2v) is 3.10. The molecular formula is C8H11N5. The Morgan fingerprint density at radius 2 is 2.15 bits per heavy atom. The van der Waals surface area contributed by atoms with Gasteiger partial charge in [-0.25, -0.2) is 14.5 Å². The zero-order valence-electron chi connectivity index (χ0n) is 7.89. The lowest BCUT2D eigenvalue weighted by molar-refractivity contribution is 0.839. The molecule has 0 amide bonds. The minimum Gasteiger partial charge on any atom is -0.361 e. The molecule has 0 aliphatic rings. The number of anilines is 1. The molecule has 13 heavy (non-hydrogen) atoms. The molecule has 2 aromatic heterocycles. The molecular weight excluding hydrogens is 166 g/mol. The summed E-state index contributed by atoms with van der Waals surface area (Å²) in [7, 11) is 3.91. The molecule has 0 fully saturated rings. The van der Waals surface area contributed by atoms with E-state index in [9.17, 15) is 0 Å². The Balaban J connectivity index is 2.77. The largest absolute Gasteiger partial charge is 0.361 e. The Labute approximate surface area is 76.0 Å². The van der Waals surface area contributed by atoms with Gasteiger partial charge in [0, 0.05) is 14.1 Å². The highest BCUT2D eigenvalue weighted by Gasteiger charge is 2.06. The summed E-state index contributed by atoms with van der Waals surface area (Å²) >= 11 is 0. The van der Waals surface area contributed by atoms with Crippen molar-refractivity contribution in [2.45, 2.75) is 6.92 Å². The van der Waals surface area contributed by atoms with Crippen molar-refractivity contribution in [1.82, 2.24) is 19.6 Å². The van der Waals surface area contributed by atoms with E-state index in [1.165, 1.54) is 0 Å². The quantitative estimate of drug-likeness (QED) is 0.636. The van der Waals surface area contributed by atoms with Crippen molar-refractivity contribution in [3.8, 4) is 0 Å². The van der Waals surface area contributed by atoms with E-state index in [1.807, 2.05) is 25.9 Å². The van der Waals surface area contributed by atoms with Crippen LogP contribution < -0.4 is 4.90 Å². The van der Waals surface area contributed by atoms with Gasteiger partial charge in [0.1, 0.15) is 17.7 Å². The smallest absolute Gasteiger partial charge is 0.157 e. The molecule has 0 aliphatic heterocycles. The highest BCUT2D eigenvalue weighted by molar-refractivity contribution is 5.66. The Bertz CT molecular complexity index is 431. The molecule has 0 atom stereocenters. The van der Waals surface area contributed by atoms with Crippen molar-refractivity contribution in [1.29, 1.82) is 0 Å². The van der Waals surface area contributed by atoms with Gasteiger partial charge < -0.3 is 4.90 Å². The molecule has 5 nitrogen and oxygen atoms in total. The van der Waals surface area contributed by atoms with Gasteiger partial charge in [-0.3, -0.25) is 0 Å². The van der Waals surface area contributed by atoms with Gasteiger partial charge in [-0.1, -0.05) is 0 Å². The van der Waals surface area contributed by atoms with Crippen LogP contribution in [0.3, 0.4) is 0 Å². The standard InChI is InChI=1S/C8H11N5/c1-6-10-8(12(2)3)7-4-9-5-13(7)11-6/h4-5H,1-3H3. The number of rotatable bonds is 1. The third kappa shape index (κ3) is 1.22. The van der Waals surface area contributed by atoms with Gasteiger partial charge in [0.05, 0.1) is 6.20 Å². The Hall–Kier alpha value is -1.65. The first-order valence-corrected chi connectivity index (χ1v) is 4.03. The predicted molar refractivity (Wildman–Crippen MR) is 49.8 cm³/mol. The number of imidazole rings is 1. The van der Waals surface area contributed by atoms with Crippen molar-refractivity contribution >= 4 is 11.3 Å². The van der Waals surface area contributed by atoms with Crippen molar-refractivity contribution in [2.24, 2.45) is 0 Å². The Morgan fingerprint density at radius 3 is 2.85 bits per heavy atom. The first-order chi connectivity index (χ1) is 6.18. The number of nitrogens with zero attached hydrogens (tertiary/aromatic N) is 5. The van der Waals surface area contributed by atoms with Crippen molar-refractivity contribution in [2.75, 3.05) is 19.0 Å². The molecule has 0 aromatic carbocycles. The number of aryl methyl sites for hydroxylation is 1. The molecule has 0 N–H and O–H groups in total. The summed E-state index contributed by atoms with van der Waals surface area (Å²) in [6.07, 6.45) is 3.44. The second-order valence-electron chi connectivity index (χ2n) is 3.10. The Morgan fingerprint density at radius 1 is 1.38 bits per heavy atom. The molecule has 0 saturated heterocycles. The van der Waals surface area contributed by atoms with Gasteiger partial charge in [-0.15, -0.1) is 0 Å². The van der Waals surface area contributed by atoms with Crippen molar-refractivity contribution in [3.05, 3.63) is 18.3 Å². The van der Waals surface area contributed by atoms with E-state index in [4.69, 9.17) is 0 Å². The lowest BCUT2D eigenvalue weighted by Gasteiger charge is -2.12. The third-order valence-electron chi connectivity index (χ3n) is 1.79. The molecule has 2 heterocycles. The molecule has 0 spiro atoms. The molecule has 2 aromatic rings. The molecule has 0 saturated carbocycles. The van der Waals surface area contributed by atoms with Crippen LogP contribution in [-0.4, -0.2) is 33.7 Å². The molecule has 0 radical (unpaired) electrons. The fourth-order valence-electron chi connectivity index (χ4n) is 1.25. The maximum absolute atomic E-state index is 4.33. The lowest BCUT2D eigenvalue weighted by Crippen LogP contribution is -2.13. The van der Waals surface area contributed by atoms with E-state index in [0.29, 0.717) is 0 Å². The fourth-order valence-corrected chi connectivity index (χ4v) is 1.25. The van der Waals surface area contributed by atoms with Crippen LogP contribution in [0.1, 0.15) is 5.82 Å². The van der Waals surface area contributed by atoms with Crippen molar-refractivity contribution in [3.63, 3.8) is 0 Å². The monoisotopic (exact) mass is 177 g/mol. The fraction of sp³-hybridized carbons (Fsp3) is 0.375. The summed E-state index contributed by atoms with van der Waals surface area (Å²) < 4.78 is 1.73. The number of hydrogen-bond donors (Lipinski definition) is 0. The third-order valence-corrected chi connectivity index (χ3v) is 1.79. The van der Waals surface area contributed by atoms with E-state index in [-0.39, 0.29) is 0 Å². The first-order valence-electron chi connectivity index (χ1n) is 4.03. The molecule has 0 aliphatic carbocycles. The first kappa shape index (κ1) is 7.97. The topological polar surface area (TPSA) is 46.3 Å². The van der Waals surface area contributed by atoms with Gasteiger partial charge in [-0.05, 0) is 6.92 Å². The van der Waals surface area contributed by atoms with Gasteiger partial charge in [0.2, 0.25) is 0 Å². The van der Waals surface area contributed by atoms with Crippen LogP contribution in [0.2, 0.25) is 0 Å². The molecule has 0 bridgehead atoms. The van der Waals surface area contributed by atoms with E-state index < -0.39 is 0 Å². The normalized spacial score (nSPS) is 10.7. The molecule has 0 unspecified atom stereocenters. The lowest BCUT2D eigenvalue weighted by atomic mass is 10.5. The van der Waals surface area contributed by atoms with E-state index in [0.717, 1.165) is 17.2 Å². The van der Waals surface area contributed by atoms with Gasteiger partial charge in [-0.2, -0.15) is 5.10 Å². The van der Waals surface area contributed by atoms with Crippen LogP contribution in [-0.2, 0) is 0 Å². The minimum atomic E-state index is 0.745. The average molecular weight is 177 g/mol. The van der Waals surface area contributed by atoms with Crippen LogP contribution in [0.15, 0.2) is 12.5 Å². The van der Waals surface area contributed by atoms with Crippen LogP contribution in [0.5, 0.6) is 0 Å². The van der Waals surface area contributed by atoms with E-state index in [2.05, 4.69) is 15.1 Å². The van der Waals surface area contributed by atoms with E-state index >= 15 is 0 Å². The summed E-state index contributed by atoms with van der Waals surface area (Å²) in [6, 6.07) is 0. The van der Waals surface area contributed by atoms with Crippen LogP contribution in [0.25, 0.3) is 5.52 Å². The van der Waals surface area contributed by atoms with Gasteiger partial charge >= 0.3 is 0 Å². The predicted octanol–water partition coefficient (Wildman–Crippen LogP) is 0.499. The molecule has 68 valence electrons. The molecule has 5 heteroatoms. The van der Waals surface area contributed by atoms with Gasteiger partial charge in [0.15, 0.2) is 5.82 Å². The summed E-state index contributed by atoms with van der Waals surface area (Å²) in [6.45, 7) is 1.87. The SMILES string of the molecule is Cc1nc(N(C)C)c2cncn2n1. The Kier molecular flexibility index (Phi) is 1.65. The number of fused-ring (bicyclic) bond motifs is 1. The van der Waals surface area contributed by atoms with Crippen LogP contribution in [0, 0.1) is 6.92 Å². The minimum absolute atomic E-state index is 0.745. The maximum atomic E-state index is 4.33. The average Bonchev–Trinajstić information content (AvgIpc) is 2.49. The summed E-state index contributed by atoms with van der Waals surface area (Å²) in [5.41, 5.74) is 0.926. The van der Waals surface area contributed by atoms with Crippen molar-refractivity contribution < 1.29 is 0 Å². The number of hydrogen-bond acceptors (Lipinski definition) is 4. The highest BCUT2D eigenvalue weighted by Crippen LogP contribution is 2.14. The van der Waals surface area contributed by atoms with Gasteiger partial charge in [0.25, 0.3) is 0 Å². The van der Waals surface area contributed by atoms with Crippen LogP contribution in [0.4, 0.5) is 5.82 Å². The maximum Gasteiger partial charge on any atom is 0.157 e. The van der Waals surface area contributed by atoms with E-state index in [1.54, 1.807) is 17.0 Å². The van der Waals surface area contributed by atoms with Crippen LogP contribution >= 0.6 is 0 Å². The summed E-state index contributed by atoms with van der Waals surface area (Å²) in [5.74, 6) is 1.64. The zero-order chi connectivity index (χ0) is 9.42. The number of aromatic nitrogens is 4. The zero-order valence-corrected chi connectivity index (χ0v) is 7.89. The molecule has 2 rings (SSSR count).